The summed E-state index contributed by atoms with van der Waals surface area (Å²) in [6.07, 6.45) is -5.34. The van der Waals surface area contributed by atoms with Crippen molar-refractivity contribution in [2.24, 2.45) is 0 Å². The zero-order chi connectivity index (χ0) is 12.4. The van der Waals surface area contributed by atoms with Crippen LogP contribution in [0.4, 0.5) is 22.0 Å². The van der Waals surface area contributed by atoms with E-state index in [9.17, 15) is 22.0 Å². The van der Waals surface area contributed by atoms with Crippen molar-refractivity contribution in [3.63, 3.8) is 0 Å². The molecule has 1 aromatic rings. The highest BCUT2D eigenvalue weighted by molar-refractivity contribution is 6.17. The molecule has 3 nitrogen and oxygen atoms in total. The summed E-state index contributed by atoms with van der Waals surface area (Å²) in [5.74, 6) is -6.95. The molecule has 0 bridgehead atoms. The lowest BCUT2D eigenvalue weighted by molar-refractivity contribution is -0.297. The molecule has 0 aromatic carbocycles. The third kappa shape index (κ3) is 2.60. The van der Waals surface area contributed by atoms with Crippen molar-refractivity contribution in [1.82, 2.24) is 10.2 Å². The zero-order valence-electron chi connectivity index (χ0n) is 7.69. The van der Waals surface area contributed by atoms with Gasteiger partial charge >= 0.3 is 12.1 Å². The van der Waals surface area contributed by atoms with E-state index in [4.69, 9.17) is 11.6 Å². The quantitative estimate of drug-likeness (QED) is 0.620. The number of aryl methyl sites for hydroxylation is 1. The van der Waals surface area contributed by atoms with Gasteiger partial charge in [-0.05, 0) is 6.42 Å². The Balaban J connectivity index is 2.85. The zero-order valence-corrected chi connectivity index (χ0v) is 8.45. The van der Waals surface area contributed by atoms with Crippen LogP contribution in [0.25, 0.3) is 0 Å². The molecule has 0 aliphatic rings. The van der Waals surface area contributed by atoms with E-state index in [-0.39, 0.29) is 18.2 Å². The Kier molecular flexibility index (Phi) is 3.72. The monoisotopic (exact) mass is 264 g/mol. The SMILES string of the molecule is FC(F)(F)C(F)(F)c1nnc(CCCCl)o1. The maximum absolute atomic E-state index is 12.7. The van der Waals surface area contributed by atoms with Crippen LogP contribution in [0.5, 0.6) is 0 Å². The molecule has 92 valence electrons. The molecule has 0 aliphatic heterocycles. The molecule has 1 heterocycles. The predicted octanol–water partition coefficient (Wildman–Crippen LogP) is 2.90. The van der Waals surface area contributed by atoms with Crippen LogP contribution in [0.3, 0.4) is 0 Å². The first-order valence-electron chi connectivity index (χ1n) is 4.12. The smallest absolute Gasteiger partial charge is 0.419 e. The Hall–Kier alpha value is -0.920. The fourth-order valence-corrected chi connectivity index (χ4v) is 0.954. The van der Waals surface area contributed by atoms with Crippen LogP contribution in [0, 0.1) is 0 Å². The number of alkyl halides is 6. The van der Waals surface area contributed by atoms with E-state index in [0.717, 1.165) is 0 Å². The second kappa shape index (κ2) is 4.52. The van der Waals surface area contributed by atoms with Crippen molar-refractivity contribution in [1.29, 1.82) is 0 Å². The Bertz CT molecular complexity index is 351. The fraction of sp³-hybridized carbons (Fsp3) is 0.714. The maximum atomic E-state index is 12.7. The molecule has 0 spiro atoms. The molecule has 0 saturated heterocycles. The van der Waals surface area contributed by atoms with Crippen LogP contribution in [0.1, 0.15) is 18.2 Å². The molecule has 9 heteroatoms. The first-order chi connectivity index (χ1) is 7.29. The maximum Gasteiger partial charge on any atom is 0.463 e. The molecule has 0 atom stereocenters. The van der Waals surface area contributed by atoms with Crippen molar-refractivity contribution in [3.8, 4) is 0 Å². The van der Waals surface area contributed by atoms with Gasteiger partial charge in [0.25, 0.3) is 5.89 Å². The van der Waals surface area contributed by atoms with Crippen molar-refractivity contribution < 1.29 is 26.4 Å². The Morgan fingerprint density at radius 3 is 2.25 bits per heavy atom. The number of rotatable bonds is 4. The average Bonchev–Trinajstić information content (AvgIpc) is 2.61. The topological polar surface area (TPSA) is 38.9 Å². The lowest BCUT2D eigenvalue weighted by Crippen LogP contribution is -2.34. The lowest BCUT2D eigenvalue weighted by Gasteiger charge is -2.14. The molecule has 0 amide bonds. The highest BCUT2D eigenvalue weighted by atomic mass is 35.5. The van der Waals surface area contributed by atoms with Gasteiger partial charge in [-0.15, -0.1) is 21.8 Å². The average molecular weight is 265 g/mol. The molecule has 0 radical (unpaired) electrons. The summed E-state index contributed by atoms with van der Waals surface area (Å²) in [5, 5.41) is 5.76. The third-order valence-electron chi connectivity index (χ3n) is 1.62. The van der Waals surface area contributed by atoms with Crippen molar-refractivity contribution in [2.75, 3.05) is 5.88 Å². The van der Waals surface area contributed by atoms with E-state index in [0.29, 0.717) is 6.42 Å². The van der Waals surface area contributed by atoms with Gasteiger partial charge in [-0.1, -0.05) is 0 Å². The second-order valence-corrected chi connectivity index (χ2v) is 3.24. The van der Waals surface area contributed by atoms with Crippen LogP contribution in [0.2, 0.25) is 0 Å². The van der Waals surface area contributed by atoms with Gasteiger partial charge in [0.1, 0.15) is 0 Å². The summed E-state index contributed by atoms with van der Waals surface area (Å²) in [5.41, 5.74) is 0. The second-order valence-electron chi connectivity index (χ2n) is 2.87. The summed E-state index contributed by atoms with van der Waals surface area (Å²) in [6.45, 7) is 0. The van der Waals surface area contributed by atoms with E-state index in [1.54, 1.807) is 0 Å². The van der Waals surface area contributed by atoms with Gasteiger partial charge in [-0.3, -0.25) is 0 Å². The minimum Gasteiger partial charge on any atom is -0.419 e. The van der Waals surface area contributed by atoms with Gasteiger partial charge in [0.15, 0.2) is 0 Å². The highest BCUT2D eigenvalue weighted by Gasteiger charge is 2.62. The molecule has 1 rings (SSSR count). The fourth-order valence-electron chi connectivity index (χ4n) is 0.821. The van der Waals surface area contributed by atoms with Crippen LogP contribution in [-0.4, -0.2) is 22.3 Å². The van der Waals surface area contributed by atoms with Gasteiger partial charge in [0.05, 0.1) is 0 Å². The number of hydrogen-bond donors (Lipinski definition) is 0. The van der Waals surface area contributed by atoms with Gasteiger partial charge in [0.2, 0.25) is 5.89 Å². The number of halogens is 6. The third-order valence-corrected chi connectivity index (χ3v) is 1.88. The van der Waals surface area contributed by atoms with Crippen LogP contribution >= 0.6 is 11.6 Å². The number of nitrogens with zero attached hydrogens (tertiary/aromatic N) is 2. The first-order valence-corrected chi connectivity index (χ1v) is 4.66. The summed E-state index contributed by atoms with van der Waals surface area (Å²) in [7, 11) is 0. The molecule has 0 aliphatic carbocycles. The molecule has 16 heavy (non-hydrogen) atoms. The Labute approximate surface area is 91.6 Å². The van der Waals surface area contributed by atoms with Gasteiger partial charge in [-0.25, -0.2) is 0 Å². The lowest BCUT2D eigenvalue weighted by atomic mass is 10.3. The Morgan fingerprint density at radius 2 is 1.75 bits per heavy atom. The highest BCUT2D eigenvalue weighted by Crippen LogP contribution is 2.43. The van der Waals surface area contributed by atoms with Crippen LogP contribution < -0.4 is 0 Å². The number of aromatic nitrogens is 2. The summed E-state index contributed by atoms with van der Waals surface area (Å²) < 4.78 is 65.2. The summed E-state index contributed by atoms with van der Waals surface area (Å²) in [4.78, 5) is 0. The Morgan fingerprint density at radius 1 is 1.12 bits per heavy atom. The van der Waals surface area contributed by atoms with Gasteiger partial charge in [0, 0.05) is 12.3 Å². The van der Waals surface area contributed by atoms with E-state index in [2.05, 4.69) is 14.6 Å². The minimum absolute atomic E-state index is 0.0600. The van der Waals surface area contributed by atoms with Crippen molar-refractivity contribution in [3.05, 3.63) is 11.8 Å². The molecule has 0 fully saturated rings. The van der Waals surface area contributed by atoms with Gasteiger partial charge in [-0.2, -0.15) is 22.0 Å². The number of hydrogen-bond acceptors (Lipinski definition) is 3. The van der Waals surface area contributed by atoms with Crippen molar-refractivity contribution >= 4 is 11.6 Å². The molecule has 0 N–H and O–H groups in total. The van der Waals surface area contributed by atoms with Crippen molar-refractivity contribution in [2.45, 2.75) is 24.9 Å². The molecular formula is C7H6ClF5N2O. The standard InChI is InChI=1S/C7H6ClF5N2O/c8-3-1-2-4-14-15-5(16-4)6(9,10)7(11,12)13/h1-3H2. The van der Waals surface area contributed by atoms with E-state index >= 15 is 0 Å². The van der Waals surface area contributed by atoms with Gasteiger partial charge < -0.3 is 4.42 Å². The molecular weight excluding hydrogens is 259 g/mol. The normalized spacial score (nSPS) is 13.1. The van der Waals surface area contributed by atoms with Crippen LogP contribution in [-0.2, 0) is 12.3 Å². The van der Waals surface area contributed by atoms with Crippen LogP contribution in [0.15, 0.2) is 4.42 Å². The molecule has 0 saturated carbocycles. The predicted molar refractivity (Wildman–Crippen MR) is 43.3 cm³/mol. The molecule has 0 unspecified atom stereocenters. The van der Waals surface area contributed by atoms with E-state index < -0.39 is 18.0 Å². The summed E-state index contributed by atoms with van der Waals surface area (Å²) in [6, 6.07) is 0. The first kappa shape index (κ1) is 13.1. The van der Waals surface area contributed by atoms with E-state index in [1.165, 1.54) is 0 Å². The minimum atomic E-state index is -5.75. The molecule has 1 aromatic heterocycles. The summed E-state index contributed by atoms with van der Waals surface area (Å²) >= 11 is 5.30. The largest absolute Gasteiger partial charge is 0.463 e. The van der Waals surface area contributed by atoms with E-state index in [1.807, 2.05) is 0 Å².